The van der Waals surface area contributed by atoms with Crippen molar-refractivity contribution < 1.29 is 9.53 Å². The van der Waals surface area contributed by atoms with Crippen molar-refractivity contribution in [3.63, 3.8) is 0 Å². The molecule has 0 fully saturated rings. The molecule has 0 radical (unpaired) electrons. The standard InChI is InChI=1S/C26H26N4O3S/c1-3-4-5-6-9-16-29-20-11-8-7-10-19(20)21(24(29)31)22-25(32)30-26(34-22)27-23(28-30)17-12-14-18(33-2)15-13-17/h7-8,10-15H,3-6,9,16H2,1-2H3/b22-21-. The molecule has 0 N–H and O–H groups in total. The van der Waals surface area contributed by atoms with Crippen LogP contribution in [0.25, 0.3) is 21.9 Å². The summed E-state index contributed by atoms with van der Waals surface area (Å²) in [6, 6.07) is 15.1. The van der Waals surface area contributed by atoms with Gasteiger partial charge >= 0.3 is 0 Å². The van der Waals surface area contributed by atoms with Crippen molar-refractivity contribution in [1.29, 1.82) is 0 Å². The van der Waals surface area contributed by atoms with Gasteiger partial charge in [0.2, 0.25) is 4.96 Å². The molecule has 174 valence electrons. The number of hydrogen-bond acceptors (Lipinski definition) is 6. The second-order valence-corrected chi connectivity index (χ2v) is 9.34. The van der Waals surface area contributed by atoms with Gasteiger partial charge in [-0.2, -0.15) is 9.50 Å². The summed E-state index contributed by atoms with van der Waals surface area (Å²) in [5.74, 6) is 1.09. The molecule has 7 nitrogen and oxygen atoms in total. The number of nitrogens with zero attached hydrogens (tertiary/aromatic N) is 4. The van der Waals surface area contributed by atoms with Gasteiger partial charge in [-0.05, 0) is 36.8 Å². The number of carbonyl (C=O) groups excluding carboxylic acids is 1. The van der Waals surface area contributed by atoms with E-state index in [9.17, 15) is 9.59 Å². The minimum Gasteiger partial charge on any atom is -0.497 e. The van der Waals surface area contributed by atoms with Crippen LogP contribution in [0.5, 0.6) is 5.75 Å². The molecule has 5 rings (SSSR count). The average Bonchev–Trinajstić information content (AvgIpc) is 3.50. The summed E-state index contributed by atoms with van der Waals surface area (Å²) in [5, 5.41) is 4.43. The smallest absolute Gasteiger partial charge is 0.291 e. The molecule has 0 spiro atoms. The van der Waals surface area contributed by atoms with Crippen molar-refractivity contribution in [3.05, 3.63) is 69.0 Å². The van der Waals surface area contributed by atoms with Gasteiger partial charge in [-0.1, -0.05) is 62.1 Å². The summed E-state index contributed by atoms with van der Waals surface area (Å²) in [7, 11) is 1.61. The lowest BCUT2D eigenvalue weighted by Gasteiger charge is -2.16. The molecular weight excluding hydrogens is 448 g/mol. The van der Waals surface area contributed by atoms with E-state index in [1.54, 1.807) is 7.11 Å². The molecule has 0 saturated heterocycles. The fourth-order valence-electron chi connectivity index (χ4n) is 4.34. The summed E-state index contributed by atoms with van der Waals surface area (Å²) in [5.41, 5.74) is 2.61. The molecule has 0 aliphatic carbocycles. The number of hydrogen-bond donors (Lipinski definition) is 0. The first kappa shape index (κ1) is 22.3. The van der Waals surface area contributed by atoms with Crippen LogP contribution < -0.4 is 19.7 Å². The van der Waals surface area contributed by atoms with E-state index in [2.05, 4.69) is 17.0 Å². The Hall–Kier alpha value is -3.52. The van der Waals surface area contributed by atoms with Gasteiger partial charge in [-0.3, -0.25) is 9.59 Å². The van der Waals surface area contributed by atoms with Gasteiger partial charge in [0.1, 0.15) is 10.3 Å². The van der Waals surface area contributed by atoms with E-state index in [1.165, 1.54) is 35.1 Å². The molecule has 3 heterocycles. The molecule has 2 aromatic carbocycles. The summed E-state index contributed by atoms with van der Waals surface area (Å²) in [6.07, 6.45) is 5.60. The number of aromatic nitrogens is 3. The maximum Gasteiger partial charge on any atom is 0.291 e. The van der Waals surface area contributed by atoms with Crippen LogP contribution in [-0.4, -0.2) is 34.2 Å². The van der Waals surface area contributed by atoms with E-state index in [1.807, 2.05) is 53.4 Å². The zero-order valence-corrected chi connectivity index (χ0v) is 20.1. The van der Waals surface area contributed by atoms with E-state index in [0.29, 0.717) is 27.4 Å². The van der Waals surface area contributed by atoms with Gasteiger partial charge in [0.15, 0.2) is 5.82 Å². The Morgan fingerprint density at radius 1 is 0.971 bits per heavy atom. The second-order valence-electron chi connectivity index (χ2n) is 8.36. The first-order chi connectivity index (χ1) is 16.6. The molecule has 0 unspecified atom stereocenters. The van der Waals surface area contributed by atoms with Crippen LogP contribution in [-0.2, 0) is 4.79 Å². The highest BCUT2D eigenvalue weighted by Gasteiger charge is 2.33. The SMILES string of the molecule is CCCCCCCN1C(=O)/C(=c2\sc3nc(-c4ccc(OC)cc4)nn3c2=O)c2ccccc21. The highest BCUT2D eigenvalue weighted by Crippen LogP contribution is 2.35. The number of carbonyl (C=O) groups is 1. The van der Waals surface area contributed by atoms with E-state index < -0.39 is 0 Å². The van der Waals surface area contributed by atoms with Crippen molar-refractivity contribution in [3.8, 4) is 17.1 Å². The second kappa shape index (κ2) is 9.38. The summed E-state index contributed by atoms with van der Waals surface area (Å²) in [6.45, 7) is 2.84. The minimum atomic E-state index is -0.310. The quantitative estimate of drug-likeness (QED) is 0.360. The number of methoxy groups -OCH3 is 1. The lowest BCUT2D eigenvalue weighted by Crippen LogP contribution is -2.33. The lowest BCUT2D eigenvalue weighted by molar-refractivity contribution is -0.113. The normalized spacial score (nSPS) is 14.8. The van der Waals surface area contributed by atoms with E-state index in [0.717, 1.165) is 35.4 Å². The average molecular weight is 475 g/mol. The zero-order chi connectivity index (χ0) is 23.7. The predicted octanol–water partition coefficient (Wildman–Crippen LogP) is 4.06. The molecule has 1 aliphatic heterocycles. The van der Waals surface area contributed by atoms with Crippen molar-refractivity contribution in [2.75, 3.05) is 18.6 Å². The number of rotatable bonds is 8. The molecule has 4 aromatic rings. The lowest BCUT2D eigenvalue weighted by atomic mass is 10.1. The van der Waals surface area contributed by atoms with Gasteiger partial charge in [-0.25, -0.2) is 0 Å². The van der Waals surface area contributed by atoms with Crippen LogP contribution in [0.15, 0.2) is 53.3 Å². The number of ether oxygens (including phenoxy) is 1. The number of benzene rings is 2. The summed E-state index contributed by atoms with van der Waals surface area (Å²) in [4.78, 5) is 33.6. The number of para-hydroxylation sites is 1. The number of thiazole rings is 1. The Morgan fingerprint density at radius 3 is 2.47 bits per heavy atom. The topological polar surface area (TPSA) is 76.8 Å². The number of anilines is 1. The van der Waals surface area contributed by atoms with Gasteiger partial charge in [0.25, 0.3) is 11.5 Å². The van der Waals surface area contributed by atoms with E-state index >= 15 is 0 Å². The van der Waals surface area contributed by atoms with Gasteiger partial charge in [-0.15, -0.1) is 5.10 Å². The Labute approximate surface area is 201 Å². The molecule has 1 aliphatic rings. The first-order valence-electron chi connectivity index (χ1n) is 11.6. The number of amides is 1. The molecule has 34 heavy (non-hydrogen) atoms. The fraction of sp³-hybridized carbons (Fsp3) is 0.308. The Balaban J connectivity index is 1.52. The van der Waals surface area contributed by atoms with Crippen LogP contribution in [0.1, 0.15) is 44.6 Å². The summed E-state index contributed by atoms with van der Waals surface area (Å²) >= 11 is 1.22. The summed E-state index contributed by atoms with van der Waals surface area (Å²) < 4.78 is 6.89. The van der Waals surface area contributed by atoms with E-state index in [-0.39, 0.29) is 11.5 Å². The maximum atomic E-state index is 13.5. The maximum absolute atomic E-state index is 13.5. The van der Waals surface area contributed by atoms with Crippen LogP contribution in [0, 0.1) is 0 Å². The molecule has 1 amide bonds. The van der Waals surface area contributed by atoms with Crippen LogP contribution in [0.4, 0.5) is 5.69 Å². The molecule has 0 saturated carbocycles. The van der Waals surface area contributed by atoms with Crippen molar-refractivity contribution in [2.45, 2.75) is 39.0 Å². The van der Waals surface area contributed by atoms with Crippen molar-refractivity contribution in [1.82, 2.24) is 14.6 Å². The Kier molecular flexibility index (Phi) is 6.15. The zero-order valence-electron chi connectivity index (χ0n) is 19.3. The van der Waals surface area contributed by atoms with Crippen LogP contribution in [0.2, 0.25) is 0 Å². The first-order valence-corrected chi connectivity index (χ1v) is 12.4. The third kappa shape index (κ3) is 3.88. The van der Waals surface area contributed by atoms with Gasteiger partial charge in [0.05, 0.1) is 18.4 Å². The number of unbranched alkanes of at least 4 members (excludes halogenated alkanes) is 4. The third-order valence-corrected chi connectivity index (χ3v) is 7.17. The molecular formula is C26H26N4O3S. The van der Waals surface area contributed by atoms with Gasteiger partial charge in [0, 0.05) is 17.7 Å². The monoisotopic (exact) mass is 474 g/mol. The highest BCUT2D eigenvalue weighted by atomic mass is 32.1. The van der Waals surface area contributed by atoms with Crippen LogP contribution >= 0.6 is 11.3 Å². The van der Waals surface area contributed by atoms with Gasteiger partial charge < -0.3 is 9.64 Å². The van der Waals surface area contributed by atoms with Crippen molar-refractivity contribution >= 4 is 33.5 Å². The van der Waals surface area contributed by atoms with Crippen molar-refractivity contribution in [2.24, 2.45) is 0 Å². The minimum absolute atomic E-state index is 0.117. The Bertz CT molecular complexity index is 1460. The largest absolute Gasteiger partial charge is 0.497 e. The molecule has 8 heteroatoms. The predicted molar refractivity (Wildman–Crippen MR) is 134 cm³/mol. The highest BCUT2D eigenvalue weighted by molar-refractivity contribution is 7.15. The fourth-order valence-corrected chi connectivity index (χ4v) is 5.34. The molecule has 0 bridgehead atoms. The molecule has 0 atom stereocenters. The van der Waals surface area contributed by atoms with E-state index in [4.69, 9.17) is 4.74 Å². The molecule has 2 aromatic heterocycles. The third-order valence-electron chi connectivity index (χ3n) is 6.14. The van der Waals surface area contributed by atoms with Crippen LogP contribution in [0.3, 0.4) is 0 Å². The Morgan fingerprint density at radius 2 is 1.74 bits per heavy atom. The number of fused-ring (bicyclic) bond motifs is 2.